The molecule has 1 heterocycles. The minimum atomic E-state index is -0.515. The summed E-state index contributed by atoms with van der Waals surface area (Å²) in [6, 6.07) is 5.61. The standard InChI is InChI=1S/C15H21BrClNO2/c1-2-12-10-18(7-8-20-12)6-5-15(19)13-4-3-11(16)9-14(13)17/h3-4,9,12,15,19H,2,5-8,10H2,1H3. The van der Waals surface area contributed by atoms with Gasteiger partial charge in [0, 0.05) is 29.1 Å². The highest BCUT2D eigenvalue weighted by Crippen LogP contribution is 2.28. The Morgan fingerprint density at radius 2 is 2.35 bits per heavy atom. The molecule has 0 aromatic heterocycles. The number of nitrogens with zero attached hydrogens (tertiary/aromatic N) is 1. The van der Waals surface area contributed by atoms with Crippen molar-refractivity contribution in [2.24, 2.45) is 0 Å². The SMILES string of the molecule is CCC1CN(CCC(O)c2ccc(Br)cc2Cl)CCO1. The highest BCUT2D eigenvalue weighted by Gasteiger charge is 2.20. The monoisotopic (exact) mass is 361 g/mol. The van der Waals surface area contributed by atoms with Gasteiger partial charge in [0.25, 0.3) is 0 Å². The summed E-state index contributed by atoms with van der Waals surface area (Å²) in [6.07, 6.45) is 1.55. The number of benzene rings is 1. The van der Waals surface area contributed by atoms with Gasteiger partial charge in [0.1, 0.15) is 0 Å². The average molecular weight is 363 g/mol. The smallest absolute Gasteiger partial charge is 0.0816 e. The molecule has 0 radical (unpaired) electrons. The third kappa shape index (κ3) is 4.43. The molecular formula is C15H21BrClNO2. The Labute approximate surface area is 134 Å². The Hall–Kier alpha value is -0.130. The molecule has 0 amide bonds. The lowest BCUT2D eigenvalue weighted by molar-refractivity contribution is -0.0330. The van der Waals surface area contributed by atoms with Crippen molar-refractivity contribution in [1.82, 2.24) is 4.90 Å². The second kappa shape index (κ2) is 7.76. The van der Waals surface area contributed by atoms with Crippen molar-refractivity contribution in [1.29, 1.82) is 0 Å². The van der Waals surface area contributed by atoms with Gasteiger partial charge >= 0.3 is 0 Å². The van der Waals surface area contributed by atoms with Gasteiger partial charge in [-0.25, -0.2) is 0 Å². The zero-order valence-electron chi connectivity index (χ0n) is 11.7. The molecule has 1 aliphatic heterocycles. The van der Waals surface area contributed by atoms with Gasteiger partial charge in [0.15, 0.2) is 0 Å². The van der Waals surface area contributed by atoms with Gasteiger partial charge in [-0.2, -0.15) is 0 Å². The van der Waals surface area contributed by atoms with Crippen molar-refractivity contribution in [2.45, 2.75) is 32.0 Å². The van der Waals surface area contributed by atoms with Gasteiger partial charge in [0.2, 0.25) is 0 Å². The summed E-state index contributed by atoms with van der Waals surface area (Å²) in [7, 11) is 0. The third-order valence-corrected chi connectivity index (χ3v) is 4.54. The molecule has 3 nitrogen and oxygen atoms in total. The largest absolute Gasteiger partial charge is 0.388 e. The first-order chi connectivity index (χ1) is 9.60. The Bertz CT molecular complexity index is 444. The average Bonchev–Trinajstić information content (AvgIpc) is 2.45. The van der Waals surface area contributed by atoms with Gasteiger partial charge in [-0.3, -0.25) is 4.90 Å². The molecule has 1 fully saturated rings. The first-order valence-corrected chi connectivity index (χ1v) is 8.24. The Kier molecular flexibility index (Phi) is 6.30. The first-order valence-electron chi connectivity index (χ1n) is 7.07. The molecule has 0 aliphatic carbocycles. The first kappa shape index (κ1) is 16.2. The van der Waals surface area contributed by atoms with E-state index in [2.05, 4.69) is 27.8 Å². The lowest BCUT2D eigenvalue weighted by Gasteiger charge is -2.32. The molecular weight excluding hydrogens is 342 g/mol. The minimum Gasteiger partial charge on any atom is -0.388 e. The zero-order valence-corrected chi connectivity index (χ0v) is 14.0. The maximum atomic E-state index is 10.3. The summed E-state index contributed by atoms with van der Waals surface area (Å²) < 4.78 is 6.58. The Morgan fingerprint density at radius 1 is 1.55 bits per heavy atom. The molecule has 2 atom stereocenters. The number of hydrogen-bond donors (Lipinski definition) is 1. The van der Waals surface area contributed by atoms with Crippen LogP contribution in [0.15, 0.2) is 22.7 Å². The molecule has 5 heteroatoms. The number of hydrogen-bond acceptors (Lipinski definition) is 3. The summed E-state index contributed by atoms with van der Waals surface area (Å²) in [4.78, 5) is 2.35. The normalized spacial score (nSPS) is 21.9. The van der Waals surface area contributed by atoms with E-state index in [0.29, 0.717) is 17.5 Å². The van der Waals surface area contributed by atoms with Crippen LogP contribution < -0.4 is 0 Å². The molecule has 0 bridgehead atoms. The fraction of sp³-hybridized carbons (Fsp3) is 0.600. The number of rotatable bonds is 5. The Morgan fingerprint density at radius 3 is 3.05 bits per heavy atom. The quantitative estimate of drug-likeness (QED) is 0.868. The molecule has 0 saturated carbocycles. The summed E-state index contributed by atoms with van der Waals surface area (Å²) in [5, 5.41) is 10.9. The Balaban J connectivity index is 1.86. The summed E-state index contributed by atoms with van der Waals surface area (Å²) in [5.41, 5.74) is 0.801. The topological polar surface area (TPSA) is 32.7 Å². The number of aliphatic hydroxyl groups excluding tert-OH is 1. The maximum Gasteiger partial charge on any atom is 0.0816 e. The van der Waals surface area contributed by atoms with Gasteiger partial charge in [-0.15, -0.1) is 0 Å². The van der Waals surface area contributed by atoms with Crippen LogP contribution in [0, 0.1) is 0 Å². The summed E-state index contributed by atoms with van der Waals surface area (Å²) >= 11 is 9.54. The molecule has 20 heavy (non-hydrogen) atoms. The fourth-order valence-electron chi connectivity index (χ4n) is 2.46. The van der Waals surface area contributed by atoms with Crippen LogP contribution in [0.1, 0.15) is 31.4 Å². The highest BCUT2D eigenvalue weighted by molar-refractivity contribution is 9.10. The van der Waals surface area contributed by atoms with Crippen molar-refractivity contribution >= 4 is 27.5 Å². The second-order valence-corrected chi connectivity index (χ2v) is 6.49. The van der Waals surface area contributed by atoms with E-state index in [4.69, 9.17) is 16.3 Å². The van der Waals surface area contributed by atoms with Gasteiger partial charge in [0.05, 0.1) is 18.8 Å². The second-order valence-electron chi connectivity index (χ2n) is 5.17. The van der Waals surface area contributed by atoms with Crippen LogP contribution in [0.2, 0.25) is 5.02 Å². The molecule has 112 valence electrons. The maximum absolute atomic E-state index is 10.3. The zero-order chi connectivity index (χ0) is 14.5. The van der Waals surface area contributed by atoms with E-state index in [9.17, 15) is 5.11 Å². The minimum absolute atomic E-state index is 0.331. The van der Waals surface area contributed by atoms with E-state index in [1.54, 1.807) is 0 Å². The van der Waals surface area contributed by atoms with Crippen molar-refractivity contribution in [3.63, 3.8) is 0 Å². The van der Waals surface area contributed by atoms with E-state index in [1.807, 2.05) is 18.2 Å². The van der Waals surface area contributed by atoms with Crippen LogP contribution in [-0.2, 0) is 4.74 Å². The van der Waals surface area contributed by atoms with Crippen LogP contribution in [0.4, 0.5) is 0 Å². The highest BCUT2D eigenvalue weighted by atomic mass is 79.9. The van der Waals surface area contributed by atoms with Crippen LogP contribution in [0.25, 0.3) is 0 Å². The van der Waals surface area contributed by atoms with Crippen LogP contribution >= 0.6 is 27.5 Å². The molecule has 1 N–H and O–H groups in total. The van der Waals surface area contributed by atoms with Gasteiger partial charge < -0.3 is 9.84 Å². The molecule has 1 aliphatic rings. The van der Waals surface area contributed by atoms with Crippen molar-refractivity contribution in [3.8, 4) is 0 Å². The lowest BCUT2D eigenvalue weighted by atomic mass is 10.1. The predicted molar refractivity (Wildman–Crippen MR) is 85.2 cm³/mol. The van der Waals surface area contributed by atoms with Crippen molar-refractivity contribution in [3.05, 3.63) is 33.3 Å². The fourth-order valence-corrected chi connectivity index (χ4v) is 3.26. The van der Waals surface area contributed by atoms with Crippen LogP contribution in [0.3, 0.4) is 0 Å². The predicted octanol–water partition coefficient (Wildman–Crippen LogP) is 3.64. The summed E-state index contributed by atoms with van der Waals surface area (Å²) in [6.45, 7) is 5.69. The number of ether oxygens (including phenoxy) is 1. The molecule has 0 spiro atoms. The summed E-state index contributed by atoms with van der Waals surface area (Å²) in [5.74, 6) is 0. The molecule has 1 aromatic rings. The third-order valence-electron chi connectivity index (χ3n) is 3.72. The number of aliphatic hydroxyl groups is 1. The van der Waals surface area contributed by atoms with Gasteiger partial charge in [-0.05, 0) is 30.5 Å². The van der Waals surface area contributed by atoms with E-state index < -0.39 is 6.10 Å². The van der Waals surface area contributed by atoms with Crippen molar-refractivity contribution < 1.29 is 9.84 Å². The van der Waals surface area contributed by atoms with Crippen LogP contribution in [0.5, 0.6) is 0 Å². The molecule has 2 unspecified atom stereocenters. The van der Waals surface area contributed by atoms with E-state index in [-0.39, 0.29) is 0 Å². The lowest BCUT2D eigenvalue weighted by Crippen LogP contribution is -2.42. The van der Waals surface area contributed by atoms with Gasteiger partial charge in [-0.1, -0.05) is 40.5 Å². The van der Waals surface area contributed by atoms with Crippen molar-refractivity contribution in [2.75, 3.05) is 26.2 Å². The number of halogens is 2. The van der Waals surface area contributed by atoms with E-state index in [1.165, 1.54) is 0 Å². The molecule has 1 saturated heterocycles. The molecule has 1 aromatic carbocycles. The van der Waals surface area contributed by atoms with E-state index >= 15 is 0 Å². The van der Waals surface area contributed by atoms with E-state index in [0.717, 1.165) is 42.7 Å². The molecule has 2 rings (SSSR count). The number of morpholine rings is 1. The van der Waals surface area contributed by atoms with Crippen LogP contribution in [-0.4, -0.2) is 42.4 Å².